The minimum absolute atomic E-state index is 0.105. The van der Waals surface area contributed by atoms with E-state index in [2.05, 4.69) is 41.5 Å². The molecular weight excluding hydrogens is 436 g/mol. The van der Waals surface area contributed by atoms with Gasteiger partial charge in [0.15, 0.2) is 6.61 Å². The number of benzene rings is 1. The number of carboxylic acid groups (broad SMARTS) is 1. The second kappa shape index (κ2) is 13.6. The van der Waals surface area contributed by atoms with Gasteiger partial charge in [0, 0.05) is 11.0 Å². The van der Waals surface area contributed by atoms with Crippen molar-refractivity contribution < 1.29 is 19.4 Å². The molecule has 200 valence electrons. The zero-order valence-electron chi connectivity index (χ0n) is 23.9. The van der Waals surface area contributed by atoms with Crippen LogP contribution in [0.3, 0.4) is 0 Å². The molecule has 0 aromatic heterocycles. The topological polar surface area (TPSA) is 55.8 Å². The van der Waals surface area contributed by atoms with Crippen LogP contribution in [0.25, 0.3) is 0 Å². The summed E-state index contributed by atoms with van der Waals surface area (Å²) in [5.41, 5.74) is 4.39. The number of rotatable bonds is 15. The lowest BCUT2D eigenvalue weighted by atomic mass is 9.75. The fourth-order valence-corrected chi connectivity index (χ4v) is 5.65. The molecule has 0 saturated heterocycles. The summed E-state index contributed by atoms with van der Waals surface area (Å²) in [6, 6.07) is 0. The molecule has 0 spiro atoms. The fourth-order valence-electron chi connectivity index (χ4n) is 5.65. The van der Waals surface area contributed by atoms with E-state index in [1.165, 1.54) is 56.9 Å². The SMILES string of the molecule is Cc1c(C)c2c(c(C)c1OCC(=O)O)C[C@@](C)(CCC[C@H](C)CCC[C@H](C)CCCC(C)C)CO2. The van der Waals surface area contributed by atoms with E-state index < -0.39 is 5.97 Å². The molecule has 1 heterocycles. The Morgan fingerprint density at radius 3 is 2.06 bits per heavy atom. The van der Waals surface area contributed by atoms with Gasteiger partial charge in [-0.1, -0.05) is 86.0 Å². The van der Waals surface area contributed by atoms with Crippen LogP contribution in [0.5, 0.6) is 11.5 Å². The summed E-state index contributed by atoms with van der Waals surface area (Å²) in [4.78, 5) is 11.1. The lowest BCUT2D eigenvalue weighted by Gasteiger charge is -2.37. The molecule has 4 nitrogen and oxygen atoms in total. The van der Waals surface area contributed by atoms with Gasteiger partial charge >= 0.3 is 5.97 Å². The summed E-state index contributed by atoms with van der Waals surface area (Å²) in [5.74, 6) is 3.21. The molecular formula is C31H52O4. The number of carbonyl (C=O) groups is 1. The van der Waals surface area contributed by atoms with E-state index in [9.17, 15) is 4.79 Å². The second-order valence-electron chi connectivity index (χ2n) is 12.3. The monoisotopic (exact) mass is 488 g/mol. The number of ether oxygens (including phenoxy) is 2. The zero-order valence-corrected chi connectivity index (χ0v) is 23.9. The first kappa shape index (κ1) is 29.5. The number of hydrogen-bond donors (Lipinski definition) is 1. The van der Waals surface area contributed by atoms with E-state index in [0.717, 1.165) is 59.6 Å². The standard InChI is InChI=1S/C31H52O4/c1-21(2)12-9-13-22(3)14-10-15-23(4)16-11-17-31(8)18-27-26(7)29(34-19-28(32)33)24(5)25(6)30(27)35-20-31/h21-23H,9-20H2,1-8H3,(H,32,33)/t22-,23-,31-/m1/s1. The molecule has 4 heteroatoms. The zero-order chi connectivity index (χ0) is 26.2. The van der Waals surface area contributed by atoms with Gasteiger partial charge in [-0.3, -0.25) is 0 Å². The molecule has 1 aromatic carbocycles. The summed E-state index contributed by atoms with van der Waals surface area (Å²) in [7, 11) is 0. The highest BCUT2D eigenvalue weighted by molar-refractivity contribution is 5.69. The third-order valence-electron chi connectivity index (χ3n) is 8.17. The summed E-state index contributed by atoms with van der Waals surface area (Å²) in [6.45, 7) is 18.3. The van der Waals surface area contributed by atoms with E-state index >= 15 is 0 Å². The maximum absolute atomic E-state index is 11.1. The predicted octanol–water partition coefficient (Wildman–Crippen LogP) is 8.46. The van der Waals surface area contributed by atoms with E-state index in [-0.39, 0.29) is 12.0 Å². The number of aliphatic carboxylic acids is 1. The van der Waals surface area contributed by atoms with Gasteiger partial charge in [0.2, 0.25) is 0 Å². The highest BCUT2D eigenvalue weighted by Gasteiger charge is 2.34. The molecule has 0 saturated carbocycles. The van der Waals surface area contributed by atoms with Crippen LogP contribution in [0.4, 0.5) is 0 Å². The van der Waals surface area contributed by atoms with Crippen LogP contribution in [0.2, 0.25) is 0 Å². The first-order valence-corrected chi connectivity index (χ1v) is 14.0. The van der Waals surface area contributed by atoms with Crippen molar-refractivity contribution in [1.29, 1.82) is 0 Å². The molecule has 0 unspecified atom stereocenters. The predicted molar refractivity (Wildman–Crippen MR) is 146 cm³/mol. The van der Waals surface area contributed by atoms with Crippen LogP contribution >= 0.6 is 0 Å². The second-order valence-corrected chi connectivity index (χ2v) is 12.3. The third-order valence-corrected chi connectivity index (χ3v) is 8.17. The van der Waals surface area contributed by atoms with Crippen LogP contribution < -0.4 is 9.47 Å². The minimum atomic E-state index is -0.949. The van der Waals surface area contributed by atoms with Crippen molar-refractivity contribution in [2.75, 3.05) is 13.2 Å². The van der Waals surface area contributed by atoms with E-state index in [4.69, 9.17) is 14.6 Å². The Hall–Kier alpha value is -1.71. The molecule has 3 atom stereocenters. The number of hydrogen-bond acceptors (Lipinski definition) is 3. The molecule has 1 aliphatic rings. The Morgan fingerprint density at radius 1 is 0.914 bits per heavy atom. The van der Waals surface area contributed by atoms with E-state index in [0.29, 0.717) is 5.75 Å². The fraction of sp³-hybridized carbons (Fsp3) is 0.774. The molecule has 0 amide bonds. The summed E-state index contributed by atoms with van der Waals surface area (Å²) in [6.07, 6.45) is 12.8. The lowest BCUT2D eigenvalue weighted by Crippen LogP contribution is -2.33. The van der Waals surface area contributed by atoms with Crippen LogP contribution in [-0.2, 0) is 11.2 Å². The number of fused-ring (bicyclic) bond motifs is 1. The van der Waals surface area contributed by atoms with Gasteiger partial charge < -0.3 is 14.6 Å². The van der Waals surface area contributed by atoms with Crippen molar-refractivity contribution in [3.8, 4) is 11.5 Å². The molecule has 1 aromatic rings. The maximum Gasteiger partial charge on any atom is 0.341 e. The van der Waals surface area contributed by atoms with Crippen molar-refractivity contribution in [2.45, 2.75) is 120 Å². The Kier molecular flexibility index (Phi) is 11.4. The van der Waals surface area contributed by atoms with Crippen molar-refractivity contribution in [3.63, 3.8) is 0 Å². The van der Waals surface area contributed by atoms with Gasteiger partial charge in [0.05, 0.1) is 6.61 Å². The third kappa shape index (κ3) is 9.03. The molecule has 0 fully saturated rings. The van der Waals surface area contributed by atoms with Crippen molar-refractivity contribution in [3.05, 3.63) is 22.3 Å². The average Bonchev–Trinajstić information content (AvgIpc) is 2.77. The molecule has 0 bridgehead atoms. The van der Waals surface area contributed by atoms with Gasteiger partial charge in [-0.25, -0.2) is 4.79 Å². The Balaban J connectivity index is 1.84. The Morgan fingerprint density at radius 2 is 1.49 bits per heavy atom. The van der Waals surface area contributed by atoms with E-state index in [1.54, 1.807) is 0 Å². The first-order chi connectivity index (χ1) is 16.4. The summed E-state index contributed by atoms with van der Waals surface area (Å²) in [5, 5.41) is 9.07. The molecule has 0 radical (unpaired) electrons. The molecule has 35 heavy (non-hydrogen) atoms. The van der Waals surface area contributed by atoms with Crippen molar-refractivity contribution >= 4 is 5.97 Å². The molecule has 1 N–H and O–H groups in total. The Bertz CT molecular complexity index is 828. The highest BCUT2D eigenvalue weighted by Crippen LogP contribution is 2.45. The van der Waals surface area contributed by atoms with Crippen LogP contribution in [0.15, 0.2) is 0 Å². The Labute approximate surface area is 215 Å². The van der Waals surface area contributed by atoms with Gasteiger partial charge in [-0.05, 0) is 68.1 Å². The summed E-state index contributed by atoms with van der Waals surface area (Å²) < 4.78 is 12.0. The minimum Gasteiger partial charge on any atom is -0.492 e. The molecule has 2 rings (SSSR count). The van der Waals surface area contributed by atoms with Crippen LogP contribution in [0.1, 0.15) is 115 Å². The van der Waals surface area contributed by atoms with Gasteiger partial charge in [0.25, 0.3) is 0 Å². The quantitative estimate of drug-likeness (QED) is 0.269. The van der Waals surface area contributed by atoms with Crippen LogP contribution in [0, 0.1) is 43.9 Å². The van der Waals surface area contributed by atoms with E-state index in [1.807, 2.05) is 13.8 Å². The molecule has 0 aliphatic carbocycles. The normalized spacial score (nSPS) is 19.2. The maximum atomic E-state index is 11.1. The average molecular weight is 489 g/mol. The van der Waals surface area contributed by atoms with Gasteiger partial charge in [-0.2, -0.15) is 0 Å². The van der Waals surface area contributed by atoms with Crippen molar-refractivity contribution in [1.82, 2.24) is 0 Å². The van der Waals surface area contributed by atoms with Crippen molar-refractivity contribution in [2.24, 2.45) is 23.2 Å². The number of carboxylic acids is 1. The highest BCUT2D eigenvalue weighted by atomic mass is 16.5. The summed E-state index contributed by atoms with van der Waals surface area (Å²) >= 11 is 0. The van der Waals surface area contributed by atoms with Gasteiger partial charge in [-0.15, -0.1) is 0 Å². The smallest absolute Gasteiger partial charge is 0.341 e. The largest absolute Gasteiger partial charge is 0.492 e. The first-order valence-electron chi connectivity index (χ1n) is 14.0. The lowest BCUT2D eigenvalue weighted by molar-refractivity contribution is -0.139. The molecule has 1 aliphatic heterocycles. The van der Waals surface area contributed by atoms with Crippen LogP contribution in [-0.4, -0.2) is 24.3 Å². The van der Waals surface area contributed by atoms with Gasteiger partial charge in [0.1, 0.15) is 11.5 Å².